The summed E-state index contributed by atoms with van der Waals surface area (Å²) in [5.74, 6) is -1.72. The molecular formula is C19H28N4O3. The second-order valence-corrected chi connectivity index (χ2v) is 6.55. The third-order valence-electron chi connectivity index (χ3n) is 4.60. The van der Waals surface area contributed by atoms with Crippen molar-refractivity contribution in [2.75, 3.05) is 31.1 Å². The number of fused-ring (bicyclic) bond motifs is 1. The van der Waals surface area contributed by atoms with Crippen molar-refractivity contribution in [3.8, 4) is 0 Å². The van der Waals surface area contributed by atoms with Crippen molar-refractivity contribution in [1.82, 2.24) is 15.5 Å². The first kappa shape index (κ1) is 19.9. The molecule has 26 heavy (non-hydrogen) atoms. The van der Waals surface area contributed by atoms with Crippen molar-refractivity contribution in [1.29, 1.82) is 0 Å². The lowest BCUT2D eigenvalue weighted by Gasteiger charge is -2.22. The van der Waals surface area contributed by atoms with Gasteiger partial charge in [0.15, 0.2) is 0 Å². The van der Waals surface area contributed by atoms with Crippen LogP contribution < -0.4 is 15.5 Å². The number of hydrogen-bond acceptors (Lipinski definition) is 4. The van der Waals surface area contributed by atoms with Crippen molar-refractivity contribution in [3.63, 3.8) is 0 Å². The number of amides is 3. The molecule has 7 nitrogen and oxygen atoms in total. The summed E-state index contributed by atoms with van der Waals surface area (Å²) in [4.78, 5) is 40.8. The number of nitrogens with one attached hydrogen (secondary N) is 2. The Hall–Kier alpha value is -2.41. The standard InChI is InChI=1S/C19H28N4O3/c1-5-22(6-2)12-11-20-17(24)18(25)21-16-14-9-7-8-10-15(14)23(13(3)4)19(16)26/h7-10,13,16H,5-6,11-12H2,1-4H3,(H,20,24)(H,21,25)/t16-/m0/s1. The van der Waals surface area contributed by atoms with Crippen molar-refractivity contribution >= 4 is 23.4 Å². The van der Waals surface area contributed by atoms with Crippen molar-refractivity contribution < 1.29 is 14.4 Å². The molecule has 0 spiro atoms. The number of rotatable bonds is 7. The lowest BCUT2D eigenvalue weighted by atomic mass is 10.1. The highest BCUT2D eigenvalue weighted by molar-refractivity contribution is 6.35. The molecule has 0 aromatic heterocycles. The summed E-state index contributed by atoms with van der Waals surface area (Å²) in [6.07, 6.45) is 0. The molecule has 1 aliphatic rings. The molecule has 3 amide bonds. The summed E-state index contributed by atoms with van der Waals surface area (Å²) in [7, 11) is 0. The summed E-state index contributed by atoms with van der Waals surface area (Å²) in [5.41, 5.74) is 1.50. The quantitative estimate of drug-likeness (QED) is 0.713. The highest BCUT2D eigenvalue weighted by Crippen LogP contribution is 2.36. The van der Waals surface area contributed by atoms with Gasteiger partial charge in [-0.15, -0.1) is 0 Å². The third-order valence-corrected chi connectivity index (χ3v) is 4.60. The van der Waals surface area contributed by atoms with Crippen LogP contribution in [0.2, 0.25) is 0 Å². The number of para-hydroxylation sites is 1. The molecule has 0 fully saturated rings. The maximum absolute atomic E-state index is 12.7. The molecule has 0 saturated heterocycles. The molecule has 7 heteroatoms. The van der Waals surface area contributed by atoms with Gasteiger partial charge >= 0.3 is 11.8 Å². The molecule has 2 N–H and O–H groups in total. The van der Waals surface area contributed by atoms with Crippen LogP contribution in [0.5, 0.6) is 0 Å². The number of anilines is 1. The molecule has 0 aliphatic carbocycles. The molecule has 1 aliphatic heterocycles. The van der Waals surface area contributed by atoms with Gasteiger partial charge in [0.2, 0.25) is 0 Å². The van der Waals surface area contributed by atoms with Crippen LogP contribution in [0.3, 0.4) is 0 Å². The van der Waals surface area contributed by atoms with Gasteiger partial charge in [0, 0.05) is 30.4 Å². The van der Waals surface area contributed by atoms with E-state index in [4.69, 9.17) is 0 Å². The molecule has 142 valence electrons. The van der Waals surface area contributed by atoms with Gasteiger partial charge in [0.25, 0.3) is 5.91 Å². The minimum atomic E-state index is -0.824. The zero-order valence-corrected chi connectivity index (χ0v) is 15.9. The van der Waals surface area contributed by atoms with E-state index in [0.717, 1.165) is 24.3 Å². The van der Waals surface area contributed by atoms with E-state index in [1.54, 1.807) is 11.0 Å². The summed E-state index contributed by atoms with van der Waals surface area (Å²) in [6, 6.07) is 6.47. The Kier molecular flexibility index (Phi) is 6.74. The molecule has 0 radical (unpaired) electrons. The summed E-state index contributed by atoms with van der Waals surface area (Å²) in [5, 5.41) is 5.19. The van der Waals surface area contributed by atoms with Crippen molar-refractivity contribution in [2.24, 2.45) is 0 Å². The second kappa shape index (κ2) is 8.80. The zero-order valence-electron chi connectivity index (χ0n) is 15.9. The number of nitrogens with zero attached hydrogens (tertiary/aromatic N) is 2. The average Bonchev–Trinajstić information content (AvgIpc) is 2.90. The summed E-state index contributed by atoms with van der Waals surface area (Å²) in [6.45, 7) is 10.8. The van der Waals surface area contributed by atoms with Crippen LogP contribution >= 0.6 is 0 Å². The number of hydrogen-bond donors (Lipinski definition) is 2. The normalized spacial score (nSPS) is 16.2. The van der Waals surface area contributed by atoms with Crippen LogP contribution in [0.15, 0.2) is 24.3 Å². The van der Waals surface area contributed by atoms with E-state index < -0.39 is 17.9 Å². The highest BCUT2D eigenvalue weighted by atomic mass is 16.2. The van der Waals surface area contributed by atoms with Crippen LogP contribution in [0.4, 0.5) is 5.69 Å². The lowest BCUT2D eigenvalue weighted by Crippen LogP contribution is -2.46. The van der Waals surface area contributed by atoms with Gasteiger partial charge in [-0.05, 0) is 33.0 Å². The van der Waals surface area contributed by atoms with Crippen molar-refractivity contribution in [3.05, 3.63) is 29.8 Å². The van der Waals surface area contributed by atoms with Gasteiger partial charge in [-0.2, -0.15) is 0 Å². The predicted octanol–water partition coefficient (Wildman–Crippen LogP) is 1.06. The Balaban J connectivity index is 2.00. The van der Waals surface area contributed by atoms with Crippen LogP contribution in [-0.4, -0.2) is 54.8 Å². The van der Waals surface area contributed by atoms with E-state index in [9.17, 15) is 14.4 Å². The van der Waals surface area contributed by atoms with Crippen molar-refractivity contribution in [2.45, 2.75) is 39.8 Å². The highest BCUT2D eigenvalue weighted by Gasteiger charge is 2.39. The fourth-order valence-electron chi connectivity index (χ4n) is 3.16. The number of likely N-dealkylation sites (N-methyl/N-ethyl adjacent to an activating group) is 1. The monoisotopic (exact) mass is 360 g/mol. The lowest BCUT2D eigenvalue weighted by molar-refractivity contribution is -0.140. The van der Waals surface area contributed by atoms with Crippen LogP contribution in [-0.2, 0) is 14.4 Å². The Morgan fingerprint density at radius 1 is 1.15 bits per heavy atom. The SMILES string of the molecule is CCN(CC)CCNC(=O)C(=O)N[C@@H]1C(=O)N(C(C)C)c2ccccc21. The van der Waals surface area contributed by atoms with E-state index in [-0.39, 0.29) is 11.9 Å². The van der Waals surface area contributed by atoms with Gasteiger partial charge < -0.3 is 20.4 Å². The molecular weight excluding hydrogens is 332 g/mol. The summed E-state index contributed by atoms with van der Waals surface area (Å²) < 4.78 is 0. The number of carbonyl (C=O) groups is 3. The van der Waals surface area contributed by atoms with Crippen LogP contribution in [0.25, 0.3) is 0 Å². The Morgan fingerprint density at radius 2 is 1.81 bits per heavy atom. The van der Waals surface area contributed by atoms with Gasteiger partial charge in [-0.25, -0.2) is 0 Å². The Morgan fingerprint density at radius 3 is 2.42 bits per heavy atom. The first-order chi connectivity index (χ1) is 12.4. The Bertz CT molecular complexity index is 671. The van der Waals surface area contributed by atoms with Crippen LogP contribution in [0, 0.1) is 0 Å². The minimum absolute atomic E-state index is 0.0338. The largest absolute Gasteiger partial charge is 0.347 e. The van der Waals surface area contributed by atoms with Gasteiger partial charge in [0.1, 0.15) is 6.04 Å². The molecule has 1 atom stereocenters. The van der Waals surface area contributed by atoms with E-state index in [2.05, 4.69) is 15.5 Å². The molecule has 2 rings (SSSR count). The fourth-order valence-corrected chi connectivity index (χ4v) is 3.16. The maximum atomic E-state index is 12.7. The molecule has 0 saturated carbocycles. The topological polar surface area (TPSA) is 81.8 Å². The van der Waals surface area contributed by atoms with E-state index in [0.29, 0.717) is 13.1 Å². The first-order valence-corrected chi connectivity index (χ1v) is 9.13. The fraction of sp³-hybridized carbons (Fsp3) is 0.526. The van der Waals surface area contributed by atoms with E-state index >= 15 is 0 Å². The number of benzene rings is 1. The third kappa shape index (κ3) is 4.22. The second-order valence-electron chi connectivity index (χ2n) is 6.55. The van der Waals surface area contributed by atoms with E-state index in [1.165, 1.54) is 0 Å². The smallest absolute Gasteiger partial charge is 0.310 e. The predicted molar refractivity (Wildman–Crippen MR) is 101 cm³/mol. The van der Waals surface area contributed by atoms with Gasteiger partial charge in [-0.3, -0.25) is 14.4 Å². The van der Waals surface area contributed by atoms with E-state index in [1.807, 2.05) is 45.9 Å². The zero-order chi connectivity index (χ0) is 19.3. The molecule has 0 bridgehead atoms. The minimum Gasteiger partial charge on any atom is -0.347 e. The number of carbonyl (C=O) groups excluding carboxylic acids is 3. The molecule has 1 aromatic rings. The van der Waals surface area contributed by atoms with Gasteiger partial charge in [0.05, 0.1) is 0 Å². The Labute approximate surface area is 154 Å². The molecule has 1 aromatic carbocycles. The van der Waals surface area contributed by atoms with Gasteiger partial charge in [-0.1, -0.05) is 32.0 Å². The molecule has 0 unspecified atom stereocenters. The average molecular weight is 360 g/mol. The maximum Gasteiger partial charge on any atom is 0.310 e. The first-order valence-electron chi connectivity index (χ1n) is 9.13. The molecule has 1 heterocycles. The summed E-state index contributed by atoms with van der Waals surface area (Å²) >= 11 is 0. The van der Waals surface area contributed by atoms with Crippen LogP contribution in [0.1, 0.15) is 39.3 Å².